The number of Topliss-reactive ketones (excluding diaryl/α,β-unsaturated/α-hetero) is 1. The Kier molecular flexibility index (Phi) is 22.5. The van der Waals surface area contributed by atoms with E-state index in [0.29, 0.717) is 23.8 Å². The van der Waals surface area contributed by atoms with E-state index in [0.717, 1.165) is 25.7 Å². The van der Waals surface area contributed by atoms with Crippen molar-refractivity contribution in [3.05, 3.63) is 0 Å². The predicted molar refractivity (Wildman–Crippen MR) is 143 cm³/mol. The van der Waals surface area contributed by atoms with E-state index in [4.69, 9.17) is 17.2 Å². The topological polar surface area (TPSA) is 141 Å². The lowest BCUT2D eigenvalue weighted by Gasteiger charge is -2.12. The number of ketones is 1. The highest BCUT2D eigenvalue weighted by molar-refractivity contribution is 8.76. The largest absolute Gasteiger partial charge is 0.368 e. The lowest BCUT2D eigenvalue weighted by atomic mass is 10.0. The van der Waals surface area contributed by atoms with E-state index < -0.39 is 18.0 Å². The van der Waals surface area contributed by atoms with Crippen LogP contribution in [-0.4, -0.2) is 47.7 Å². The number of amides is 2. The van der Waals surface area contributed by atoms with Crippen LogP contribution < -0.4 is 22.5 Å². The quantitative estimate of drug-likeness (QED) is 0.115. The monoisotopic (exact) mass is 504 g/mol. The van der Waals surface area contributed by atoms with Gasteiger partial charge in [0, 0.05) is 24.5 Å². The first-order valence-electron chi connectivity index (χ1n) is 12.7. The van der Waals surface area contributed by atoms with Crippen LogP contribution in [0.2, 0.25) is 0 Å². The van der Waals surface area contributed by atoms with Crippen molar-refractivity contribution in [3.63, 3.8) is 0 Å². The van der Waals surface area contributed by atoms with Gasteiger partial charge in [0.1, 0.15) is 5.78 Å². The summed E-state index contributed by atoms with van der Waals surface area (Å²) in [6.45, 7) is 2.35. The maximum atomic E-state index is 12.0. The molecule has 0 fully saturated rings. The summed E-state index contributed by atoms with van der Waals surface area (Å²) in [4.78, 5) is 33.7. The average molecular weight is 505 g/mol. The second kappa shape index (κ2) is 23.0. The van der Waals surface area contributed by atoms with Gasteiger partial charge in [-0.2, -0.15) is 0 Å². The summed E-state index contributed by atoms with van der Waals surface area (Å²) >= 11 is 0. The molecule has 2 unspecified atom stereocenters. The molecule has 0 saturated carbocycles. The average Bonchev–Trinajstić information content (AvgIpc) is 2.77. The molecular formula is C24H48N4O3S2. The second-order valence-corrected chi connectivity index (χ2v) is 11.4. The zero-order valence-electron chi connectivity index (χ0n) is 20.7. The van der Waals surface area contributed by atoms with Crippen molar-refractivity contribution in [1.82, 2.24) is 5.32 Å². The van der Waals surface area contributed by atoms with Crippen LogP contribution in [0.15, 0.2) is 0 Å². The number of rotatable bonds is 24. The fourth-order valence-electron chi connectivity index (χ4n) is 3.36. The van der Waals surface area contributed by atoms with Gasteiger partial charge in [0.15, 0.2) is 0 Å². The Bertz CT molecular complexity index is 524. The van der Waals surface area contributed by atoms with Gasteiger partial charge >= 0.3 is 0 Å². The number of hydrogen-bond acceptors (Lipinski definition) is 7. The van der Waals surface area contributed by atoms with Crippen LogP contribution >= 0.6 is 21.6 Å². The van der Waals surface area contributed by atoms with Crippen LogP contribution in [-0.2, 0) is 14.4 Å². The molecule has 0 rings (SSSR count). The number of unbranched alkanes of at least 4 members (excludes halogenated alkanes) is 13. The molecule has 0 spiro atoms. The van der Waals surface area contributed by atoms with E-state index in [-0.39, 0.29) is 5.91 Å². The normalized spacial score (nSPS) is 12.9. The summed E-state index contributed by atoms with van der Waals surface area (Å²) in [5, 5.41) is 2.90. The Morgan fingerprint density at radius 3 is 1.48 bits per heavy atom. The molecule has 2 amide bonds. The molecule has 7 nitrogen and oxygen atoms in total. The fourth-order valence-corrected chi connectivity index (χ4v) is 5.62. The van der Waals surface area contributed by atoms with Gasteiger partial charge in [-0.1, -0.05) is 98.6 Å². The molecule has 0 bridgehead atoms. The van der Waals surface area contributed by atoms with Gasteiger partial charge in [0.25, 0.3) is 0 Å². The van der Waals surface area contributed by atoms with Crippen LogP contribution in [0.1, 0.15) is 103 Å². The number of nitrogens with two attached hydrogens (primary N) is 3. The highest BCUT2D eigenvalue weighted by Gasteiger charge is 2.14. The van der Waals surface area contributed by atoms with Crippen LogP contribution in [0.3, 0.4) is 0 Å². The van der Waals surface area contributed by atoms with E-state index in [1.807, 2.05) is 0 Å². The molecule has 7 N–H and O–H groups in total. The zero-order chi connectivity index (χ0) is 24.7. The smallest absolute Gasteiger partial charge is 0.237 e. The minimum atomic E-state index is -0.668. The van der Waals surface area contributed by atoms with Gasteiger partial charge in [-0.15, -0.1) is 0 Å². The van der Waals surface area contributed by atoms with Gasteiger partial charge in [-0.05, 0) is 19.8 Å². The van der Waals surface area contributed by atoms with Crippen molar-refractivity contribution in [2.24, 2.45) is 17.2 Å². The molecule has 2 atom stereocenters. The summed E-state index contributed by atoms with van der Waals surface area (Å²) in [6.07, 6.45) is 18.2. The van der Waals surface area contributed by atoms with E-state index in [1.54, 1.807) is 6.92 Å². The lowest BCUT2D eigenvalue weighted by molar-refractivity contribution is -0.122. The highest BCUT2D eigenvalue weighted by atomic mass is 33.1. The first-order valence-corrected chi connectivity index (χ1v) is 15.2. The van der Waals surface area contributed by atoms with Gasteiger partial charge in [0.05, 0.1) is 12.1 Å². The minimum absolute atomic E-state index is 0.127. The molecule has 0 aliphatic carbocycles. The third-order valence-electron chi connectivity index (χ3n) is 5.54. The van der Waals surface area contributed by atoms with Gasteiger partial charge < -0.3 is 27.3 Å². The van der Waals surface area contributed by atoms with Gasteiger partial charge in [-0.25, -0.2) is 0 Å². The SMILES string of the molecule is CC(=O)CCCCCCCCCCCCCCCCNC(=O)C(N)CSSCC(N)C(N)=O. The molecule has 9 heteroatoms. The summed E-state index contributed by atoms with van der Waals surface area (Å²) < 4.78 is 0. The minimum Gasteiger partial charge on any atom is -0.368 e. The Morgan fingerprint density at radius 2 is 1.06 bits per heavy atom. The second-order valence-electron chi connectivity index (χ2n) is 8.88. The summed E-state index contributed by atoms with van der Waals surface area (Å²) in [5.74, 6) is 0.556. The maximum absolute atomic E-state index is 12.0. The molecular weight excluding hydrogens is 456 g/mol. The molecule has 33 heavy (non-hydrogen) atoms. The first-order chi connectivity index (χ1) is 15.8. The van der Waals surface area contributed by atoms with Crippen molar-refractivity contribution in [2.75, 3.05) is 18.1 Å². The molecule has 0 aromatic rings. The molecule has 0 heterocycles. The highest BCUT2D eigenvalue weighted by Crippen LogP contribution is 2.22. The molecule has 0 saturated heterocycles. The van der Waals surface area contributed by atoms with Crippen LogP contribution in [0.25, 0.3) is 0 Å². The van der Waals surface area contributed by atoms with E-state index >= 15 is 0 Å². The third kappa shape index (κ3) is 22.8. The standard InChI is InChI=1S/C24H48N4O3S2/c1-20(29)16-14-12-10-8-6-4-2-3-5-7-9-11-13-15-17-28-24(31)22(26)19-33-32-18-21(25)23(27)30/h21-22H,2-19,25-26H2,1H3,(H2,27,30)(H,28,31). The number of carbonyl (C=O) groups excluding carboxylic acids is 3. The molecule has 0 aromatic carbocycles. The summed E-state index contributed by atoms with van der Waals surface area (Å²) in [7, 11) is 2.84. The molecule has 0 aliphatic rings. The van der Waals surface area contributed by atoms with Crippen molar-refractivity contribution in [2.45, 2.75) is 115 Å². The van der Waals surface area contributed by atoms with E-state index in [2.05, 4.69) is 5.32 Å². The number of hydrogen-bond donors (Lipinski definition) is 4. The zero-order valence-corrected chi connectivity index (χ0v) is 22.3. The van der Waals surface area contributed by atoms with Crippen LogP contribution in [0.4, 0.5) is 0 Å². The Morgan fingerprint density at radius 1 is 0.667 bits per heavy atom. The van der Waals surface area contributed by atoms with E-state index in [9.17, 15) is 14.4 Å². The van der Waals surface area contributed by atoms with Crippen LogP contribution in [0, 0.1) is 0 Å². The van der Waals surface area contributed by atoms with Crippen molar-refractivity contribution < 1.29 is 14.4 Å². The summed E-state index contributed by atoms with van der Waals surface area (Å²) in [6, 6.07) is -1.22. The number of carbonyl (C=O) groups is 3. The molecule has 194 valence electrons. The molecule has 0 radical (unpaired) electrons. The summed E-state index contributed by atoms with van der Waals surface area (Å²) in [5.41, 5.74) is 16.5. The number of nitrogens with one attached hydrogen (secondary N) is 1. The Balaban J connectivity index is 3.33. The maximum Gasteiger partial charge on any atom is 0.237 e. The van der Waals surface area contributed by atoms with Gasteiger partial charge in [-0.3, -0.25) is 9.59 Å². The Labute approximate surface area is 209 Å². The lowest BCUT2D eigenvalue weighted by Crippen LogP contribution is -2.42. The van der Waals surface area contributed by atoms with Crippen LogP contribution in [0.5, 0.6) is 0 Å². The van der Waals surface area contributed by atoms with Gasteiger partial charge in [0.2, 0.25) is 11.8 Å². The number of primary amides is 1. The van der Waals surface area contributed by atoms with Crippen molar-refractivity contribution in [3.8, 4) is 0 Å². The molecule has 0 aliphatic heterocycles. The predicted octanol–water partition coefficient (Wildman–Crippen LogP) is 4.06. The third-order valence-corrected chi connectivity index (χ3v) is 8.01. The van der Waals surface area contributed by atoms with E-state index in [1.165, 1.54) is 92.2 Å². The Hall–Kier alpha value is -0.770. The first kappa shape index (κ1) is 32.2. The fraction of sp³-hybridized carbons (Fsp3) is 0.875. The van der Waals surface area contributed by atoms with Crippen molar-refractivity contribution in [1.29, 1.82) is 0 Å². The van der Waals surface area contributed by atoms with Crippen molar-refractivity contribution >= 4 is 39.2 Å². The molecule has 0 aromatic heterocycles.